The Bertz CT molecular complexity index is 467. The number of carbonyl (C=O) groups is 1. The number of halogens is 1. The zero-order chi connectivity index (χ0) is 13.5. The molecule has 6 heteroatoms. The van der Waals surface area contributed by atoms with Crippen LogP contribution in [-0.2, 0) is 9.53 Å². The van der Waals surface area contributed by atoms with Crippen LogP contribution in [0.3, 0.4) is 0 Å². The van der Waals surface area contributed by atoms with Crippen LogP contribution in [0.15, 0.2) is 29.8 Å². The summed E-state index contributed by atoms with van der Waals surface area (Å²) in [6.45, 7) is 0.839. The molecule has 0 spiro atoms. The van der Waals surface area contributed by atoms with Gasteiger partial charge in [-0.1, -0.05) is 0 Å². The number of hydrogen-bond acceptors (Lipinski definition) is 4. The molecule has 0 heterocycles. The average Bonchev–Trinajstić information content (AvgIpc) is 2.36. The van der Waals surface area contributed by atoms with Crippen molar-refractivity contribution in [3.63, 3.8) is 0 Å². The Balaban J connectivity index is 2.92. The number of esters is 1. The molecule has 0 aliphatic rings. The first-order chi connectivity index (χ1) is 8.58. The van der Waals surface area contributed by atoms with Crippen LogP contribution in [0.25, 0.3) is 6.08 Å². The third-order valence-corrected chi connectivity index (χ3v) is 2.13. The van der Waals surface area contributed by atoms with Crippen LogP contribution in [0, 0.1) is 10.1 Å². The fourth-order valence-corrected chi connectivity index (χ4v) is 1.27. The van der Waals surface area contributed by atoms with Gasteiger partial charge >= 0.3 is 5.97 Å². The number of alkyl halides is 1. The minimum atomic E-state index is -0.949. The Labute approximate surface area is 103 Å². The van der Waals surface area contributed by atoms with Crippen molar-refractivity contribution in [3.8, 4) is 0 Å². The lowest BCUT2D eigenvalue weighted by Gasteiger charge is -2.02. The lowest BCUT2D eigenvalue weighted by atomic mass is 10.1. The molecule has 0 aliphatic heterocycles. The lowest BCUT2D eigenvalue weighted by molar-refractivity contribution is -0.384. The Morgan fingerprint density at radius 1 is 1.44 bits per heavy atom. The molecular formula is C12H12FNO4. The highest BCUT2D eigenvalue weighted by atomic mass is 19.1. The highest BCUT2D eigenvalue weighted by molar-refractivity contribution is 5.94. The van der Waals surface area contributed by atoms with E-state index in [4.69, 9.17) is 0 Å². The van der Waals surface area contributed by atoms with Gasteiger partial charge in [0.2, 0.25) is 0 Å². The predicted molar refractivity (Wildman–Crippen MR) is 63.7 cm³/mol. The zero-order valence-electron chi connectivity index (χ0n) is 9.76. The number of hydrogen-bond donors (Lipinski definition) is 0. The topological polar surface area (TPSA) is 69.4 Å². The quantitative estimate of drug-likeness (QED) is 0.350. The summed E-state index contributed by atoms with van der Waals surface area (Å²) in [4.78, 5) is 21.2. The molecular weight excluding hydrogens is 241 g/mol. The SMILES string of the molecule is CCOC(=O)/C(=C/c1ccc([N+](=O)[O-])cc1)CF. The fraction of sp³-hybridized carbons (Fsp3) is 0.250. The Morgan fingerprint density at radius 3 is 2.50 bits per heavy atom. The van der Waals surface area contributed by atoms with Crippen molar-refractivity contribution in [1.29, 1.82) is 0 Å². The van der Waals surface area contributed by atoms with Crippen molar-refractivity contribution in [2.45, 2.75) is 6.92 Å². The lowest BCUT2D eigenvalue weighted by Crippen LogP contribution is -2.08. The molecule has 1 aromatic carbocycles. The molecule has 0 saturated heterocycles. The summed E-state index contributed by atoms with van der Waals surface area (Å²) in [6.07, 6.45) is 1.31. The van der Waals surface area contributed by atoms with Crippen molar-refractivity contribution in [1.82, 2.24) is 0 Å². The second kappa shape index (κ2) is 6.48. The molecule has 0 atom stereocenters. The van der Waals surface area contributed by atoms with E-state index in [0.29, 0.717) is 5.56 Å². The Kier molecular flexibility index (Phi) is 4.98. The molecule has 0 bridgehead atoms. The first kappa shape index (κ1) is 13.8. The summed E-state index contributed by atoms with van der Waals surface area (Å²) in [6, 6.07) is 5.44. The van der Waals surface area contributed by atoms with Crippen molar-refractivity contribution < 1.29 is 18.8 Å². The van der Waals surface area contributed by atoms with Gasteiger partial charge < -0.3 is 4.74 Å². The Hall–Kier alpha value is -2.24. The molecule has 5 nitrogen and oxygen atoms in total. The van der Waals surface area contributed by atoms with E-state index in [9.17, 15) is 19.3 Å². The summed E-state index contributed by atoms with van der Waals surface area (Å²) in [5.41, 5.74) is 0.317. The van der Waals surface area contributed by atoms with Gasteiger partial charge in [-0.2, -0.15) is 0 Å². The van der Waals surface area contributed by atoms with Crippen molar-refractivity contribution in [2.75, 3.05) is 13.3 Å². The van der Waals surface area contributed by atoms with Gasteiger partial charge in [0.05, 0.1) is 17.1 Å². The largest absolute Gasteiger partial charge is 0.463 e. The van der Waals surface area contributed by atoms with Crippen LogP contribution < -0.4 is 0 Å². The van der Waals surface area contributed by atoms with Gasteiger partial charge in [-0.25, -0.2) is 9.18 Å². The molecule has 0 N–H and O–H groups in total. The van der Waals surface area contributed by atoms with Crippen LogP contribution in [-0.4, -0.2) is 24.2 Å². The smallest absolute Gasteiger partial charge is 0.336 e. The van der Waals surface area contributed by atoms with Crippen LogP contribution >= 0.6 is 0 Å². The average molecular weight is 253 g/mol. The first-order valence-corrected chi connectivity index (χ1v) is 5.26. The van der Waals surface area contributed by atoms with Gasteiger partial charge in [-0.3, -0.25) is 10.1 Å². The molecule has 1 rings (SSSR count). The standard InChI is InChI=1S/C12H12FNO4/c1-2-18-12(15)10(8-13)7-9-3-5-11(6-4-9)14(16)17/h3-7H,2,8H2,1H3/b10-7+. The summed E-state index contributed by atoms with van der Waals surface area (Å²) in [7, 11) is 0. The maximum absolute atomic E-state index is 12.6. The van der Waals surface area contributed by atoms with Gasteiger partial charge in [0.25, 0.3) is 5.69 Å². The molecule has 0 radical (unpaired) electrons. The highest BCUT2D eigenvalue weighted by Crippen LogP contribution is 2.15. The number of non-ortho nitro benzene ring substituents is 1. The second-order valence-corrected chi connectivity index (χ2v) is 3.37. The van der Waals surface area contributed by atoms with E-state index in [1.165, 1.54) is 30.3 Å². The number of rotatable bonds is 5. The van der Waals surface area contributed by atoms with E-state index in [0.717, 1.165) is 0 Å². The minimum absolute atomic E-state index is 0.0647. The molecule has 0 unspecified atom stereocenters. The maximum Gasteiger partial charge on any atom is 0.336 e. The molecule has 0 aromatic heterocycles. The predicted octanol–water partition coefficient (Wildman–Crippen LogP) is 2.51. The molecule has 0 fully saturated rings. The van der Waals surface area contributed by atoms with Gasteiger partial charge in [-0.15, -0.1) is 0 Å². The van der Waals surface area contributed by atoms with E-state index in [1.807, 2.05) is 0 Å². The third-order valence-electron chi connectivity index (χ3n) is 2.13. The third kappa shape index (κ3) is 3.65. The van der Waals surface area contributed by atoms with Gasteiger partial charge in [0.15, 0.2) is 0 Å². The van der Waals surface area contributed by atoms with E-state index >= 15 is 0 Å². The monoisotopic (exact) mass is 253 g/mol. The van der Waals surface area contributed by atoms with Crippen LogP contribution in [0.4, 0.5) is 10.1 Å². The number of nitrogens with zero attached hydrogens (tertiary/aromatic N) is 1. The van der Waals surface area contributed by atoms with Crippen molar-refractivity contribution >= 4 is 17.7 Å². The number of ether oxygens (including phenoxy) is 1. The van der Waals surface area contributed by atoms with Gasteiger partial charge in [0.1, 0.15) is 6.67 Å². The molecule has 96 valence electrons. The molecule has 0 amide bonds. The normalized spacial score (nSPS) is 11.1. The minimum Gasteiger partial charge on any atom is -0.463 e. The fourth-order valence-electron chi connectivity index (χ4n) is 1.27. The summed E-state index contributed by atoms with van der Waals surface area (Å²) >= 11 is 0. The molecule has 0 saturated carbocycles. The number of nitro benzene ring substituents is 1. The molecule has 0 aliphatic carbocycles. The number of nitro groups is 1. The van der Waals surface area contributed by atoms with E-state index in [1.54, 1.807) is 6.92 Å². The summed E-state index contributed by atoms with van der Waals surface area (Å²) in [5, 5.41) is 10.4. The Morgan fingerprint density at radius 2 is 2.06 bits per heavy atom. The van der Waals surface area contributed by atoms with Crippen molar-refractivity contribution in [2.24, 2.45) is 0 Å². The van der Waals surface area contributed by atoms with E-state index < -0.39 is 17.6 Å². The maximum atomic E-state index is 12.6. The number of carbonyl (C=O) groups excluding carboxylic acids is 1. The first-order valence-electron chi connectivity index (χ1n) is 5.26. The van der Waals surface area contributed by atoms with Gasteiger partial charge in [-0.05, 0) is 30.7 Å². The summed E-state index contributed by atoms with van der Waals surface area (Å²) in [5.74, 6) is -0.724. The van der Waals surface area contributed by atoms with Crippen LogP contribution in [0.5, 0.6) is 0 Å². The second-order valence-electron chi connectivity index (χ2n) is 3.37. The van der Waals surface area contributed by atoms with Crippen LogP contribution in [0.2, 0.25) is 0 Å². The zero-order valence-corrected chi connectivity index (χ0v) is 9.76. The van der Waals surface area contributed by atoms with E-state index in [-0.39, 0.29) is 17.9 Å². The molecule has 1 aromatic rings. The van der Waals surface area contributed by atoms with Crippen LogP contribution in [0.1, 0.15) is 12.5 Å². The molecule has 18 heavy (non-hydrogen) atoms. The summed E-state index contributed by atoms with van der Waals surface area (Å²) < 4.78 is 17.3. The number of benzene rings is 1. The van der Waals surface area contributed by atoms with E-state index in [2.05, 4.69) is 4.74 Å². The highest BCUT2D eigenvalue weighted by Gasteiger charge is 2.10. The van der Waals surface area contributed by atoms with Crippen molar-refractivity contribution in [3.05, 3.63) is 45.5 Å². The van der Waals surface area contributed by atoms with Gasteiger partial charge in [0, 0.05) is 12.1 Å².